The molecule has 2 amide bonds. The maximum Gasteiger partial charge on any atom is 0.266 e. The van der Waals surface area contributed by atoms with E-state index in [2.05, 4.69) is 15.5 Å². The van der Waals surface area contributed by atoms with Crippen LogP contribution in [0.4, 0.5) is 0 Å². The molecule has 1 fully saturated rings. The summed E-state index contributed by atoms with van der Waals surface area (Å²) in [5, 5.41) is 6.37. The third-order valence-corrected chi connectivity index (χ3v) is 5.24. The van der Waals surface area contributed by atoms with Gasteiger partial charge >= 0.3 is 0 Å². The van der Waals surface area contributed by atoms with Gasteiger partial charge in [-0.05, 0) is 37.1 Å². The number of carbonyl (C=O) groups excluding carboxylic acids is 2. The monoisotopic (exact) mass is 415 g/mol. The van der Waals surface area contributed by atoms with Gasteiger partial charge in [0, 0.05) is 36.8 Å². The number of piperidine rings is 1. The lowest BCUT2D eigenvalue weighted by atomic mass is 10.0. The number of likely N-dealkylation sites (tertiary alicyclic amines) is 1. The van der Waals surface area contributed by atoms with Crippen molar-refractivity contribution in [2.45, 2.75) is 25.0 Å². The smallest absolute Gasteiger partial charge is 0.266 e. The number of nitrogens with one attached hydrogen (secondary N) is 2. The highest BCUT2D eigenvalue weighted by Crippen LogP contribution is 2.24. The predicted octanol–water partition coefficient (Wildman–Crippen LogP) is 2.79. The molecule has 6 nitrogen and oxygen atoms in total. The van der Waals surface area contributed by atoms with E-state index in [1.807, 2.05) is 30.3 Å². The Morgan fingerprint density at radius 3 is 2.38 bits per heavy atom. The molecule has 1 heterocycles. The second kappa shape index (κ2) is 10.3. The van der Waals surface area contributed by atoms with Gasteiger partial charge in [0.1, 0.15) is 5.75 Å². The van der Waals surface area contributed by atoms with Gasteiger partial charge in [0.15, 0.2) is 0 Å². The summed E-state index contributed by atoms with van der Waals surface area (Å²) in [5.74, 6) is 0.419. The fourth-order valence-corrected chi connectivity index (χ4v) is 3.47. The second-order valence-electron chi connectivity index (χ2n) is 7.09. The van der Waals surface area contributed by atoms with E-state index >= 15 is 0 Å². The maximum absolute atomic E-state index is 13.0. The van der Waals surface area contributed by atoms with Gasteiger partial charge in [-0.3, -0.25) is 14.5 Å². The lowest BCUT2D eigenvalue weighted by Crippen LogP contribution is -2.48. The van der Waals surface area contributed by atoms with Gasteiger partial charge < -0.3 is 15.4 Å². The van der Waals surface area contributed by atoms with Crippen molar-refractivity contribution in [2.24, 2.45) is 0 Å². The number of benzene rings is 2. The number of carbonyl (C=O) groups is 2. The van der Waals surface area contributed by atoms with Gasteiger partial charge in [-0.25, -0.2) is 0 Å². The maximum atomic E-state index is 13.0. The van der Waals surface area contributed by atoms with E-state index in [0.29, 0.717) is 17.3 Å². The van der Waals surface area contributed by atoms with Crippen molar-refractivity contribution in [3.63, 3.8) is 0 Å². The van der Waals surface area contributed by atoms with Crippen LogP contribution in [-0.2, 0) is 9.59 Å². The number of nitrogens with zero attached hydrogens (tertiary/aromatic N) is 1. The molecular weight excluding hydrogens is 390 g/mol. The Labute approximate surface area is 176 Å². The average molecular weight is 416 g/mol. The van der Waals surface area contributed by atoms with E-state index in [1.54, 1.807) is 31.3 Å². The molecule has 2 N–H and O–H groups in total. The normalized spacial score (nSPS) is 16.1. The zero-order valence-corrected chi connectivity index (χ0v) is 17.2. The highest BCUT2D eigenvalue weighted by Gasteiger charge is 2.27. The Balaban J connectivity index is 1.63. The quantitative estimate of drug-likeness (QED) is 0.729. The van der Waals surface area contributed by atoms with Crippen molar-refractivity contribution < 1.29 is 14.3 Å². The van der Waals surface area contributed by atoms with Gasteiger partial charge in [0.05, 0.1) is 6.54 Å². The van der Waals surface area contributed by atoms with E-state index in [9.17, 15) is 9.59 Å². The summed E-state index contributed by atoms with van der Waals surface area (Å²) in [6.07, 6.45) is 0.845. The van der Waals surface area contributed by atoms with Crippen LogP contribution in [0.3, 0.4) is 0 Å². The minimum absolute atomic E-state index is 0.00740. The Bertz CT molecular complexity index is 806. The topological polar surface area (TPSA) is 70.7 Å². The molecule has 2 aromatic carbocycles. The standard InChI is InChI=1S/C22H26ClN3O3/c1-24-20(27)15-26-13-11-18(12-14-26)25-22(28)21(16-5-3-2-4-6-16)29-19-9-7-17(23)8-10-19/h2-10,18,21H,11-15H2,1H3,(H,24,27)(H,25,28). The molecule has 0 spiro atoms. The Morgan fingerprint density at radius 2 is 1.76 bits per heavy atom. The van der Waals surface area contributed by atoms with Gasteiger partial charge in [-0.15, -0.1) is 0 Å². The summed E-state index contributed by atoms with van der Waals surface area (Å²) in [5.41, 5.74) is 0.789. The highest BCUT2D eigenvalue weighted by molar-refractivity contribution is 6.30. The molecule has 29 heavy (non-hydrogen) atoms. The van der Waals surface area contributed by atoms with E-state index in [1.165, 1.54) is 0 Å². The lowest BCUT2D eigenvalue weighted by molar-refractivity contribution is -0.129. The molecule has 0 bridgehead atoms. The highest BCUT2D eigenvalue weighted by atomic mass is 35.5. The molecule has 0 radical (unpaired) electrons. The minimum atomic E-state index is -0.749. The molecule has 0 aliphatic carbocycles. The van der Waals surface area contributed by atoms with Crippen LogP contribution in [0.5, 0.6) is 5.75 Å². The lowest BCUT2D eigenvalue weighted by Gasteiger charge is -2.32. The van der Waals surface area contributed by atoms with Crippen molar-refractivity contribution in [3.8, 4) is 5.75 Å². The van der Waals surface area contributed by atoms with Crippen molar-refractivity contribution in [1.82, 2.24) is 15.5 Å². The molecule has 154 valence electrons. The molecule has 1 aliphatic rings. The van der Waals surface area contributed by atoms with Gasteiger partial charge in [-0.2, -0.15) is 0 Å². The van der Waals surface area contributed by atoms with Crippen LogP contribution in [0, 0.1) is 0 Å². The zero-order valence-electron chi connectivity index (χ0n) is 16.4. The van der Waals surface area contributed by atoms with E-state index < -0.39 is 6.10 Å². The molecule has 1 atom stereocenters. The molecule has 1 aliphatic heterocycles. The number of rotatable bonds is 7. The summed E-state index contributed by atoms with van der Waals surface area (Å²) >= 11 is 5.95. The Morgan fingerprint density at radius 1 is 1.10 bits per heavy atom. The second-order valence-corrected chi connectivity index (χ2v) is 7.53. The fraction of sp³-hybridized carbons (Fsp3) is 0.364. The zero-order chi connectivity index (χ0) is 20.6. The summed E-state index contributed by atoms with van der Waals surface area (Å²) in [4.78, 5) is 26.7. The van der Waals surface area contributed by atoms with Crippen molar-refractivity contribution >= 4 is 23.4 Å². The number of amides is 2. The molecular formula is C22H26ClN3O3. The van der Waals surface area contributed by atoms with E-state index in [0.717, 1.165) is 31.5 Å². The van der Waals surface area contributed by atoms with E-state index in [4.69, 9.17) is 16.3 Å². The first-order chi connectivity index (χ1) is 14.0. The largest absolute Gasteiger partial charge is 0.476 e. The number of ether oxygens (including phenoxy) is 1. The van der Waals surface area contributed by atoms with Crippen LogP contribution in [0.25, 0.3) is 0 Å². The van der Waals surface area contributed by atoms with Crippen LogP contribution in [0.15, 0.2) is 54.6 Å². The fourth-order valence-electron chi connectivity index (χ4n) is 3.34. The van der Waals surface area contributed by atoms with Gasteiger partial charge in [0.25, 0.3) is 5.91 Å². The first-order valence-corrected chi connectivity index (χ1v) is 10.1. The number of hydrogen-bond acceptors (Lipinski definition) is 4. The van der Waals surface area contributed by atoms with Crippen molar-refractivity contribution in [3.05, 3.63) is 65.2 Å². The van der Waals surface area contributed by atoms with Crippen LogP contribution in [-0.4, -0.2) is 49.4 Å². The van der Waals surface area contributed by atoms with Crippen LogP contribution < -0.4 is 15.4 Å². The number of hydrogen-bond donors (Lipinski definition) is 2. The molecule has 0 aromatic heterocycles. The summed E-state index contributed by atoms with van der Waals surface area (Å²) < 4.78 is 6.01. The first kappa shape index (κ1) is 21.1. The van der Waals surface area contributed by atoms with Crippen LogP contribution >= 0.6 is 11.6 Å². The molecule has 0 saturated carbocycles. The van der Waals surface area contributed by atoms with Crippen molar-refractivity contribution in [2.75, 3.05) is 26.7 Å². The molecule has 1 saturated heterocycles. The van der Waals surface area contributed by atoms with Crippen LogP contribution in [0.2, 0.25) is 5.02 Å². The SMILES string of the molecule is CNC(=O)CN1CCC(NC(=O)C(Oc2ccc(Cl)cc2)c2ccccc2)CC1. The summed E-state index contributed by atoms with van der Waals surface area (Å²) in [7, 11) is 1.64. The third-order valence-electron chi connectivity index (χ3n) is 4.99. The first-order valence-electron chi connectivity index (χ1n) is 9.75. The van der Waals surface area contributed by atoms with E-state index in [-0.39, 0.29) is 17.9 Å². The number of halogens is 1. The van der Waals surface area contributed by atoms with Gasteiger partial charge in [-0.1, -0.05) is 41.9 Å². The Kier molecular flexibility index (Phi) is 7.49. The summed E-state index contributed by atoms with van der Waals surface area (Å²) in [6.45, 7) is 1.93. The predicted molar refractivity (Wildman–Crippen MR) is 113 cm³/mol. The average Bonchev–Trinajstić information content (AvgIpc) is 2.75. The van der Waals surface area contributed by atoms with Crippen molar-refractivity contribution in [1.29, 1.82) is 0 Å². The molecule has 1 unspecified atom stereocenters. The molecule has 2 aromatic rings. The number of likely N-dealkylation sites (N-methyl/N-ethyl adjacent to an activating group) is 1. The Hall–Kier alpha value is -2.57. The third kappa shape index (κ3) is 6.21. The molecule has 7 heteroatoms. The van der Waals surface area contributed by atoms with Crippen LogP contribution in [0.1, 0.15) is 24.5 Å². The molecule has 3 rings (SSSR count). The summed E-state index contributed by atoms with van der Waals surface area (Å²) in [6, 6.07) is 16.5. The minimum Gasteiger partial charge on any atom is -0.476 e. The van der Waals surface area contributed by atoms with Gasteiger partial charge in [0.2, 0.25) is 12.0 Å².